The molecule has 0 spiro atoms. The van der Waals surface area contributed by atoms with Gasteiger partial charge in [0.25, 0.3) is 0 Å². The van der Waals surface area contributed by atoms with Crippen LogP contribution in [0.5, 0.6) is 0 Å². The molecule has 0 saturated heterocycles. The maximum Gasteiger partial charge on any atom is 0.358 e. The predicted octanol–water partition coefficient (Wildman–Crippen LogP) is 4.37. The highest BCUT2D eigenvalue weighted by Gasteiger charge is 2.13. The summed E-state index contributed by atoms with van der Waals surface area (Å²) in [7, 11) is 0. The van der Waals surface area contributed by atoms with Gasteiger partial charge in [-0.05, 0) is 29.1 Å². The van der Waals surface area contributed by atoms with Crippen molar-refractivity contribution in [1.29, 1.82) is 0 Å². The molecule has 0 aliphatic rings. The Hall–Kier alpha value is -2.05. The summed E-state index contributed by atoms with van der Waals surface area (Å²) in [6.07, 6.45) is 0. The second-order valence-corrected chi connectivity index (χ2v) is 6.02. The molecular formula is C15H10FNO2S2. The van der Waals surface area contributed by atoms with Crippen molar-refractivity contribution in [1.82, 2.24) is 4.98 Å². The number of thiazole rings is 1. The number of ether oxygens (including phenoxy) is 1. The summed E-state index contributed by atoms with van der Waals surface area (Å²) >= 11 is 2.98. The van der Waals surface area contributed by atoms with Crippen LogP contribution in [0, 0.1) is 5.82 Å². The van der Waals surface area contributed by atoms with E-state index in [1.165, 1.54) is 23.5 Å². The maximum atomic E-state index is 12.8. The standard InChI is InChI=1S/C15H10FNO2S2/c16-11-5-3-10(4-6-11)8-19-15(18)12-9-21-14(17-12)13-2-1-7-20-13/h1-7,9H,8H2. The van der Waals surface area contributed by atoms with E-state index >= 15 is 0 Å². The zero-order chi connectivity index (χ0) is 14.7. The van der Waals surface area contributed by atoms with Crippen LogP contribution in [0.15, 0.2) is 47.2 Å². The lowest BCUT2D eigenvalue weighted by molar-refractivity contribution is 0.0467. The molecule has 0 amide bonds. The number of nitrogens with zero attached hydrogens (tertiary/aromatic N) is 1. The molecule has 2 aromatic heterocycles. The second-order valence-electron chi connectivity index (χ2n) is 4.22. The quantitative estimate of drug-likeness (QED) is 0.670. The number of esters is 1. The fourth-order valence-corrected chi connectivity index (χ4v) is 3.29. The third-order valence-electron chi connectivity index (χ3n) is 2.73. The Labute approximate surface area is 128 Å². The van der Waals surface area contributed by atoms with Crippen molar-refractivity contribution in [2.75, 3.05) is 0 Å². The molecule has 0 atom stereocenters. The Kier molecular flexibility index (Phi) is 4.08. The van der Waals surface area contributed by atoms with Crippen LogP contribution in [0.3, 0.4) is 0 Å². The zero-order valence-corrected chi connectivity index (χ0v) is 12.4. The average Bonchev–Trinajstić information content (AvgIpc) is 3.17. The lowest BCUT2D eigenvalue weighted by atomic mass is 10.2. The van der Waals surface area contributed by atoms with Crippen LogP contribution in [0.2, 0.25) is 0 Å². The van der Waals surface area contributed by atoms with Crippen LogP contribution in [0.4, 0.5) is 4.39 Å². The van der Waals surface area contributed by atoms with Gasteiger partial charge in [0.05, 0.1) is 4.88 Å². The van der Waals surface area contributed by atoms with Gasteiger partial charge in [0.15, 0.2) is 5.69 Å². The molecule has 0 aliphatic carbocycles. The predicted molar refractivity (Wildman–Crippen MR) is 80.9 cm³/mol. The molecule has 2 heterocycles. The van der Waals surface area contributed by atoms with Crippen LogP contribution in [-0.4, -0.2) is 11.0 Å². The van der Waals surface area contributed by atoms with Crippen molar-refractivity contribution >= 4 is 28.6 Å². The summed E-state index contributed by atoms with van der Waals surface area (Å²) in [5, 5.41) is 4.45. The summed E-state index contributed by atoms with van der Waals surface area (Å²) in [5.41, 5.74) is 1.03. The van der Waals surface area contributed by atoms with E-state index in [0.717, 1.165) is 15.4 Å². The maximum absolute atomic E-state index is 12.8. The molecule has 21 heavy (non-hydrogen) atoms. The molecular weight excluding hydrogens is 309 g/mol. The number of hydrogen-bond acceptors (Lipinski definition) is 5. The van der Waals surface area contributed by atoms with E-state index in [1.54, 1.807) is 28.8 Å². The molecule has 0 aliphatic heterocycles. The largest absolute Gasteiger partial charge is 0.456 e. The van der Waals surface area contributed by atoms with Crippen molar-refractivity contribution in [3.05, 3.63) is 64.2 Å². The van der Waals surface area contributed by atoms with E-state index in [4.69, 9.17) is 4.74 Å². The van der Waals surface area contributed by atoms with E-state index in [9.17, 15) is 9.18 Å². The van der Waals surface area contributed by atoms with Gasteiger partial charge in [0, 0.05) is 5.38 Å². The molecule has 6 heteroatoms. The Morgan fingerprint density at radius 2 is 2.00 bits per heavy atom. The minimum Gasteiger partial charge on any atom is -0.456 e. The fraction of sp³-hybridized carbons (Fsp3) is 0.0667. The summed E-state index contributed by atoms with van der Waals surface area (Å²) in [6.45, 7) is 0.102. The van der Waals surface area contributed by atoms with Crippen LogP contribution < -0.4 is 0 Å². The van der Waals surface area contributed by atoms with Crippen molar-refractivity contribution in [2.24, 2.45) is 0 Å². The van der Waals surface area contributed by atoms with Crippen LogP contribution in [0.25, 0.3) is 9.88 Å². The first-order chi connectivity index (χ1) is 10.2. The molecule has 0 saturated carbocycles. The number of hydrogen-bond donors (Lipinski definition) is 0. The highest BCUT2D eigenvalue weighted by atomic mass is 32.1. The molecule has 106 valence electrons. The lowest BCUT2D eigenvalue weighted by Crippen LogP contribution is -2.05. The highest BCUT2D eigenvalue weighted by molar-refractivity contribution is 7.20. The number of rotatable bonds is 4. The molecule has 0 N–H and O–H groups in total. The van der Waals surface area contributed by atoms with Crippen LogP contribution in [0.1, 0.15) is 16.1 Å². The van der Waals surface area contributed by atoms with Gasteiger partial charge < -0.3 is 4.74 Å². The monoisotopic (exact) mass is 319 g/mol. The van der Waals surface area contributed by atoms with Gasteiger partial charge in [-0.1, -0.05) is 18.2 Å². The van der Waals surface area contributed by atoms with E-state index in [0.29, 0.717) is 5.69 Å². The van der Waals surface area contributed by atoms with Crippen LogP contribution >= 0.6 is 22.7 Å². The zero-order valence-electron chi connectivity index (χ0n) is 10.8. The molecule has 0 fully saturated rings. The molecule has 1 aromatic carbocycles. The number of thiophene rings is 1. The Balaban J connectivity index is 1.64. The van der Waals surface area contributed by atoms with Gasteiger partial charge in [-0.3, -0.25) is 0 Å². The van der Waals surface area contributed by atoms with Gasteiger partial charge in [-0.15, -0.1) is 22.7 Å². The molecule has 0 unspecified atom stereocenters. The van der Waals surface area contributed by atoms with E-state index in [-0.39, 0.29) is 12.4 Å². The van der Waals surface area contributed by atoms with Crippen molar-refractivity contribution in [3.8, 4) is 9.88 Å². The first-order valence-electron chi connectivity index (χ1n) is 6.13. The molecule has 0 bridgehead atoms. The summed E-state index contributed by atoms with van der Waals surface area (Å²) in [5.74, 6) is -0.788. The van der Waals surface area contributed by atoms with Crippen LogP contribution in [-0.2, 0) is 11.3 Å². The second kappa shape index (κ2) is 6.15. The number of aromatic nitrogens is 1. The van der Waals surface area contributed by atoms with Gasteiger partial charge in [-0.2, -0.15) is 0 Å². The molecule has 3 rings (SSSR count). The minimum atomic E-state index is -0.474. The van der Waals surface area contributed by atoms with E-state index in [2.05, 4.69) is 4.98 Å². The smallest absolute Gasteiger partial charge is 0.358 e. The topological polar surface area (TPSA) is 39.2 Å². The fourth-order valence-electron chi connectivity index (χ4n) is 1.68. The van der Waals surface area contributed by atoms with Crippen molar-refractivity contribution < 1.29 is 13.9 Å². The first-order valence-corrected chi connectivity index (χ1v) is 7.89. The van der Waals surface area contributed by atoms with Crippen molar-refractivity contribution in [2.45, 2.75) is 6.61 Å². The Bertz CT molecular complexity index is 735. The molecule has 3 aromatic rings. The number of halogens is 1. The number of benzene rings is 1. The Morgan fingerprint density at radius 3 is 2.71 bits per heavy atom. The van der Waals surface area contributed by atoms with Gasteiger partial charge in [0.1, 0.15) is 17.4 Å². The van der Waals surface area contributed by atoms with Gasteiger partial charge >= 0.3 is 5.97 Å². The van der Waals surface area contributed by atoms with Crippen molar-refractivity contribution in [3.63, 3.8) is 0 Å². The highest BCUT2D eigenvalue weighted by Crippen LogP contribution is 2.28. The summed E-state index contributed by atoms with van der Waals surface area (Å²) in [6, 6.07) is 9.73. The summed E-state index contributed by atoms with van der Waals surface area (Å²) in [4.78, 5) is 17.2. The average molecular weight is 319 g/mol. The summed E-state index contributed by atoms with van der Waals surface area (Å²) < 4.78 is 17.9. The minimum absolute atomic E-state index is 0.102. The first kappa shape index (κ1) is 13.9. The lowest BCUT2D eigenvalue weighted by Gasteiger charge is -2.02. The SMILES string of the molecule is O=C(OCc1ccc(F)cc1)c1csc(-c2cccs2)n1. The van der Waals surface area contributed by atoms with Gasteiger partial charge in [-0.25, -0.2) is 14.2 Å². The number of carbonyl (C=O) groups is 1. The number of carbonyl (C=O) groups excluding carboxylic acids is 1. The van der Waals surface area contributed by atoms with Gasteiger partial charge in [0.2, 0.25) is 0 Å². The van der Waals surface area contributed by atoms with E-state index < -0.39 is 5.97 Å². The third-order valence-corrected chi connectivity index (χ3v) is 4.61. The van der Waals surface area contributed by atoms with E-state index in [1.807, 2.05) is 17.5 Å². The Morgan fingerprint density at radius 1 is 1.19 bits per heavy atom. The third kappa shape index (κ3) is 3.34. The molecule has 0 radical (unpaired) electrons. The normalized spacial score (nSPS) is 10.5. The molecule has 3 nitrogen and oxygen atoms in total.